The van der Waals surface area contributed by atoms with Crippen molar-refractivity contribution in [1.82, 2.24) is 0 Å². The van der Waals surface area contributed by atoms with E-state index in [1.807, 2.05) is 0 Å². The molecule has 1 nitrogen and oxygen atoms in total. The highest BCUT2D eigenvalue weighted by Gasteiger charge is 2.32. The number of rotatable bonds is 3. The lowest BCUT2D eigenvalue weighted by Crippen LogP contribution is -2.39. The SMILES string of the molecule is CC(C)CC1(C)CCCC(CBr)O1. The van der Waals surface area contributed by atoms with Crippen LogP contribution in [0.5, 0.6) is 0 Å². The van der Waals surface area contributed by atoms with Gasteiger partial charge in [-0.1, -0.05) is 29.8 Å². The minimum absolute atomic E-state index is 0.144. The number of alkyl halides is 1. The van der Waals surface area contributed by atoms with Gasteiger partial charge in [0.1, 0.15) is 0 Å². The van der Waals surface area contributed by atoms with Gasteiger partial charge in [-0.15, -0.1) is 0 Å². The molecule has 0 bridgehead atoms. The first kappa shape index (κ1) is 11.5. The maximum absolute atomic E-state index is 6.09. The van der Waals surface area contributed by atoms with Crippen LogP contribution in [0.15, 0.2) is 0 Å². The van der Waals surface area contributed by atoms with Gasteiger partial charge in [0.15, 0.2) is 0 Å². The van der Waals surface area contributed by atoms with Crippen LogP contribution in [0.1, 0.15) is 46.5 Å². The van der Waals surface area contributed by atoms with E-state index in [2.05, 4.69) is 36.7 Å². The fraction of sp³-hybridized carbons (Fsp3) is 1.00. The van der Waals surface area contributed by atoms with Gasteiger partial charge in [0.05, 0.1) is 11.7 Å². The molecular weight excluding hydrogens is 228 g/mol. The summed E-state index contributed by atoms with van der Waals surface area (Å²) >= 11 is 3.50. The molecule has 0 amide bonds. The molecule has 1 saturated heterocycles. The molecule has 1 heterocycles. The molecule has 0 aromatic heterocycles. The van der Waals surface area contributed by atoms with Crippen molar-refractivity contribution < 1.29 is 4.74 Å². The second-order valence-corrected chi connectivity index (χ2v) is 5.48. The van der Waals surface area contributed by atoms with Crippen LogP contribution in [0.3, 0.4) is 0 Å². The highest BCUT2D eigenvalue weighted by molar-refractivity contribution is 9.09. The van der Waals surface area contributed by atoms with Crippen LogP contribution >= 0.6 is 15.9 Å². The van der Waals surface area contributed by atoms with Crippen LogP contribution in [0.2, 0.25) is 0 Å². The Bertz CT molecular complexity index is 158. The summed E-state index contributed by atoms with van der Waals surface area (Å²) in [5.74, 6) is 0.735. The van der Waals surface area contributed by atoms with Crippen LogP contribution in [-0.4, -0.2) is 17.0 Å². The predicted octanol–water partition coefficient (Wildman–Crippen LogP) is 3.76. The van der Waals surface area contributed by atoms with Crippen molar-refractivity contribution in [2.45, 2.75) is 58.2 Å². The van der Waals surface area contributed by atoms with E-state index in [9.17, 15) is 0 Å². The third-order valence-corrected chi connectivity index (χ3v) is 3.42. The lowest BCUT2D eigenvalue weighted by atomic mass is 9.86. The molecule has 1 aliphatic heterocycles. The van der Waals surface area contributed by atoms with E-state index < -0.39 is 0 Å². The molecular formula is C11H21BrO. The summed E-state index contributed by atoms with van der Waals surface area (Å²) < 4.78 is 6.09. The fourth-order valence-electron chi connectivity index (χ4n) is 2.35. The van der Waals surface area contributed by atoms with Gasteiger partial charge >= 0.3 is 0 Å². The Morgan fingerprint density at radius 1 is 1.54 bits per heavy atom. The van der Waals surface area contributed by atoms with E-state index in [0.717, 1.165) is 11.2 Å². The van der Waals surface area contributed by atoms with Crippen LogP contribution in [0.4, 0.5) is 0 Å². The lowest BCUT2D eigenvalue weighted by molar-refractivity contribution is -0.117. The van der Waals surface area contributed by atoms with Crippen molar-refractivity contribution in [3.8, 4) is 0 Å². The first-order chi connectivity index (χ1) is 6.06. The summed E-state index contributed by atoms with van der Waals surface area (Å²) in [6.07, 6.45) is 5.40. The third kappa shape index (κ3) is 3.59. The minimum Gasteiger partial charge on any atom is -0.371 e. The number of halogens is 1. The van der Waals surface area contributed by atoms with E-state index in [-0.39, 0.29) is 5.60 Å². The zero-order valence-electron chi connectivity index (χ0n) is 8.98. The molecule has 2 unspecified atom stereocenters. The molecule has 0 aromatic carbocycles. The van der Waals surface area contributed by atoms with Crippen molar-refractivity contribution in [3.05, 3.63) is 0 Å². The molecule has 1 rings (SSSR count). The maximum Gasteiger partial charge on any atom is 0.0679 e. The molecule has 1 fully saturated rings. The first-order valence-corrected chi connectivity index (χ1v) is 6.42. The van der Waals surface area contributed by atoms with E-state index in [1.54, 1.807) is 0 Å². The normalized spacial score (nSPS) is 35.3. The van der Waals surface area contributed by atoms with Crippen LogP contribution in [0.25, 0.3) is 0 Å². The fourth-order valence-corrected chi connectivity index (χ4v) is 2.80. The van der Waals surface area contributed by atoms with Gasteiger partial charge < -0.3 is 4.74 Å². The van der Waals surface area contributed by atoms with E-state index >= 15 is 0 Å². The highest BCUT2D eigenvalue weighted by Crippen LogP contribution is 2.34. The Balaban J connectivity index is 2.47. The third-order valence-electron chi connectivity index (χ3n) is 2.70. The molecule has 0 aliphatic carbocycles. The van der Waals surface area contributed by atoms with Gasteiger partial charge in [0, 0.05) is 5.33 Å². The van der Waals surface area contributed by atoms with Gasteiger partial charge in [-0.05, 0) is 38.5 Å². The summed E-state index contributed by atoms with van der Waals surface area (Å²) in [6, 6.07) is 0. The van der Waals surface area contributed by atoms with E-state index in [4.69, 9.17) is 4.74 Å². The zero-order valence-corrected chi connectivity index (χ0v) is 10.6. The average molecular weight is 249 g/mol. The minimum atomic E-state index is 0.144. The first-order valence-electron chi connectivity index (χ1n) is 5.29. The number of ether oxygens (including phenoxy) is 1. The summed E-state index contributed by atoms with van der Waals surface area (Å²) in [5.41, 5.74) is 0.144. The quantitative estimate of drug-likeness (QED) is 0.692. The molecule has 2 heteroatoms. The smallest absolute Gasteiger partial charge is 0.0679 e. The van der Waals surface area contributed by atoms with Crippen molar-refractivity contribution >= 4 is 15.9 Å². The van der Waals surface area contributed by atoms with Crippen molar-refractivity contribution in [2.24, 2.45) is 5.92 Å². The van der Waals surface area contributed by atoms with E-state index in [0.29, 0.717) is 6.10 Å². The molecule has 2 atom stereocenters. The molecule has 0 aromatic rings. The largest absolute Gasteiger partial charge is 0.371 e. The van der Waals surface area contributed by atoms with Crippen LogP contribution < -0.4 is 0 Å². The Morgan fingerprint density at radius 2 is 2.23 bits per heavy atom. The maximum atomic E-state index is 6.09. The standard InChI is InChI=1S/C11H21BrO/c1-9(2)7-11(3)6-4-5-10(8-12)13-11/h9-10H,4-8H2,1-3H3. The second kappa shape index (κ2) is 4.79. The van der Waals surface area contributed by atoms with Gasteiger partial charge in [-0.3, -0.25) is 0 Å². The van der Waals surface area contributed by atoms with Gasteiger partial charge in [0.25, 0.3) is 0 Å². The van der Waals surface area contributed by atoms with Crippen molar-refractivity contribution in [2.75, 3.05) is 5.33 Å². The molecule has 13 heavy (non-hydrogen) atoms. The Hall–Kier alpha value is 0.440. The van der Waals surface area contributed by atoms with Crippen molar-refractivity contribution in [3.63, 3.8) is 0 Å². The summed E-state index contributed by atoms with van der Waals surface area (Å²) in [5, 5.41) is 0.987. The summed E-state index contributed by atoms with van der Waals surface area (Å²) in [6.45, 7) is 6.81. The molecule has 0 N–H and O–H groups in total. The zero-order chi connectivity index (χ0) is 9.90. The molecule has 0 radical (unpaired) electrons. The van der Waals surface area contributed by atoms with Crippen LogP contribution in [0, 0.1) is 5.92 Å². The lowest BCUT2D eigenvalue weighted by Gasteiger charge is -2.39. The Labute approximate surface area is 90.4 Å². The van der Waals surface area contributed by atoms with Gasteiger partial charge in [-0.25, -0.2) is 0 Å². The van der Waals surface area contributed by atoms with E-state index in [1.165, 1.54) is 25.7 Å². The Morgan fingerprint density at radius 3 is 2.77 bits per heavy atom. The van der Waals surface area contributed by atoms with Crippen molar-refractivity contribution in [1.29, 1.82) is 0 Å². The van der Waals surface area contributed by atoms with Gasteiger partial charge in [-0.2, -0.15) is 0 Å². The number of hydrogen-bond donors (Lipinski definition) is 0. The number of hydrogen-bond acceptors (Lipinski definition) is 1. The molecule has 78 valence electrons. The van der Waals surface area contributed by atoms with Crippen LogP contribution in [-0.2, 0) is 4.74 Å². The topological polar surface area (TPSA) is 9.23 Å². The second-order valence-electron chi connectivity index (χ2n) is 4.83. The van der Waals surface area contributed by atoms with Gasteiger partial charge in [0.2, 0.25) is 0 Å². The molecule has 0 saturated carbocycles. The predicted molar refractivity (Wildman–Crippen MR) is 60.4 cm³/mol. The Kier molecular flexibility index (Phi) is 4.24. The summed E-state index contributed by atoms with van der Waals surface area (Å²) in [7, 11) is 0. The average Bonchev–Trinajstić information content (AvgIpc) is 2.02. The molecule has 1 aliphatic rings. The monoisotopic (exact) mass is 248 g/mol. The molecule has 0 spiro atoms. The highest BCUT2D eigenvalue weighted by atomic mass is 79.9. The summed E-state index contributed by atoms with van der Waals surface area (Å²) in [4.78, 5) is 0.